The van der Waals surface area contributed by atoms with Gasteiger partial charge in [0.05, 0.1) is 26.4 Å². The van der Waals surface area contributed by atoms with Crippen molar-refractivity contribution in [3.05, 3.63) is 0 Å². The van der Waals surface area contributed by atoms with Crippen LogP contribution in [-0.2, 0) is 109 Å². The maximum Gasteiger partial charge on any atom is 0.335 e. The van der Waals surface area contributed by atoms with Gasteiger partial charge in [-0.25, -0.2) is 19.2 Å². The van der Waals surface area contributed by atoms with Gasteiger partial charge in [-0.1, -0.05) is 0 Å². The third kappa shape index (κ3) is 18.5. The third-order valence-corrected chi connectivity index (χ3v) is 18.1. The number of carbonyl (C=O) groups is 8. The van der Waals surface area contributed by atoms with E-state index in [0.29, 0.717) is 0 Å². The number of aliphatic hydroxyl groups excluding tert-OH is 18. The summed E-state index contributed by atoms with van der Waals surface area (Å²) >= 11 is 0. The van der Waals surface area contributed by atoms with Crippen LogP contribution in [0.5, 0.6) is 0 Å². The van der Waals surface area contributed by atoms with Crippen molar-refractivity contribution in [1.29, 1.82) is 0 Å². The molecule has 0 aromatic heterocycles. The van der Waals surface area contributed by atoms with Crippen LogP contribution < -0.4 is 21.3 Å². The summed E-state index contributed by atoms with van der Waals surface area (Å²) in [7, 11) is 0. The van der Waals surface area contributed by atoms with Crippen LogP contribution in [0.3, 0.4) is 0 Å². The molecule has 49 nitrogen and oxygen atoms in total. The lowest BCUT2D eigenvalue weighted by Crippen LogP contribution is -2.71. The Morgan fingerprint density at radius 2 is 0.476 bits per heavy atom. The van der Waals surface area contributed by atoms with Gasteiger partial charge in [0.15, 0.2) is 74.7 Å². The maximum absolute atomic E-state index is 13.2. The molecule has 0 spiro atoms. The summed E-state index contributed by atoms with van der Waals surface area (Å²) < 4.78 is 84.5. The van der Waals surface area contributed by atoms with Gasteiger partial charge in [0.25, 0.3) is 0 Å². The van der Waals surface area contributed by atoms with Gasteiger partial charge in [-0.05, 0) is 0 Å². The quantitative estimate of drug-likeness (QED) is 0.0382. The SMILES string of the molecule is CC(=O)NC1C(O)OC(CO)C(O)C1OC1OC(C(=O)O)C(OC2OC(CO)C(O)C(OC3OC(C(=O)O)C(OC4OC(CO)C(O)C(OC5OC(C(=O)O)C(OC6OC(CO)C(O)C(OC7OC(C(=O)O)C(O)C(O)C7O)C6NC(C)=O)C(O)C5O)C4NC(C)=O)C(O)C3O)C2NC(C)=O)C(O)C1O. The van der Waals surface area contributed by atoms with Crippen molar-refractivity contribution in [2.45, 2.75) is 273 Å². The summed E-state index contributed by atoms with van der Waals surface area (Å²) in [5.74, 6) is -12.0. The van der Waals surface area contributed by atoms with E-state index in [-0.39, 0.29) is 0 Å². The molecule has 105 heavy (non-hydrogen) atoms. The standard InChI is InChI=1S/C56H86N4O45/c1-9(65)57-17-34(21(69)13(5-61)91-49(17)90)95-54-31(79)27(75)38(42(103-54)46(84)85)99-51-19(59-11(3)67)36(23(71)15(7-63)93-51)97-56-33(81)29(77)40(44(105-56)48(88)89)101-52-20(60-12(4)68)37(24(72)16(8-64)94-52)98-55-32(80)28(76)39(43(104-55)47(86)87)100-50-18(58-10(2)66)35(22(70)14(6-62)92-50)96-53-30(78)25(73)26(74)41(102-53)45(82)83/h13-44,49-56,61-64,69-81,90H,5-8H2,1-4H3,(H,57,65)(H,58,66)(H,59,67)(H,60,68)(H,82,83)(H,84,85)(H,86,87)(H,88,89). The molecule has 8 saturated heterocycles. The Balaban J connectivity index is 1.01. The number of aliphatic carboxylic acids is 4. The van der Waals surface area contributed by atoms with Crippen LogP contribution in [0, 0.1) is 0 Å². The molecular weight excluding hydrogens is 1450 g/mol. The topological polar surface area (TPSA) is 768 Å². The second-order valence-corrected chi connectivity index (χ2v) is 25.5. The molecule has 49 heteroatoms. The zero-order valence-corrected chi connectivity index (χ0v) is 55.2. The third-order valence-electron chi connectivity index (χ3n) is 18.1. The number of nitrogens with one attached hydrogen (secondary N) is 4. The molecule has 4 amide bonds. The van der Waals surface area contributed by atoms with E-state index >= 15 is 0 Å². The summed E-state index contributed by atoms with van der Waals surface area (Å²) in [4.78, 5) is 102. The van der Waals surface area contributed by atoms with E-state index < -0.39 is 319 Å². The summed E-state index contributed by atoms with van der Waals surface area (Å²) in [5.41, 5.74) is 0. The van der Waals surface area contributed by atoms with Crippen molar-refractivity contribution < 1.29 is 222 Å². The summed E-state index contributed by atoms with van der Waals surface area (Å²) in [6, 6.07) is -7.92. The molecular formula is C56H86N4O45. The number of carboxylic acids is 4. The Morgan fingerprint density at radius 3 is 0.724 bits per heavy atom. The highest BCUT2D eigenvalue weighted by Gasteiger charge is 2.62. The van der Waals surface area contributed by atoms with E-state index in [1.54, 1.807) is 0 Å². The van der Waals surface area contributed by atoms with Gasteiger partial charge in [-0.15, -0.1) is 0 Å². The van der Waals surface area contributed by atoms with E-state index in [4.69, 9.17) is 71.1 Å². The average molecular weight is 1540 g/mol. The van der Waals surface area contributed by atoms with E-state index in [0.717, 1.165) is 27.7 Å². The van der Waals surface area contributed by atoms with Crippen LogP contribution in [0.25, 0.3) is 0 Å². The van der Waals surface area contributed by atoms with Crippen LogP contribution in [-0.4, -0.2) is 432 Å². The highest BCUT2D eigenvalue weighted by Crippen LogP contribution is 2.39. The average Bonchev–Trinajstić information content (AvgIpc) is 0.787. The summed E-state index contributed by atoms with van der Waals surface area (Å²) in [6.45, 7) is -1.06. The summed E-state index contributed by atoms with van der Waals surface area (Å²) in [5, 5.41) is 249. The first-order valence-electron chi connectivity index (χ1n) is 32.1. The molecule has 8 fully saturated rings. The lowest BCUT2D eigenvalue weighted by molar-refractivity contribution is -0.380. The lowest BCUT2D eigenvalue weighted by Gasteiger charge is -2.51. The fourth-order valence-corrected chi connectivity index (χ4v) is 13.0. The molecule has 8 aliphatic heterocycles. The van der Waals surface area contributed by atoms with E-state index in [1.807, 2.05) is 0 Å². The van der Waals surface area contributed by atoms with Gasteiger partial charge in [0.1, 0.15) is 171 Å². The second kappa shape index (κ2) is 35.9. The van der Waals surface area contributed by atoms with Crippen LogP contribution in [0.1, 0.15) is 27.7 Å². The van der Waals surface area contributed by atoms with Gasteiger partial charge in [0.2, 0.25) is 23.6 Å². The Morgan fingerprint density at radius 1 is 0.257 bits per heavy atom. The van der Waals surface area contributed by atoms with Crippen LogP contribution in [0.2, 0.25) is 0 Å². The molecule has 26 N–H and O–H groups in total. The molecule has 8 heterocycles. The molecule has 40 unspecified atom stereocenters. The Kier molecular flexibility index (Phi) is 29.0. The maximum atomic E-state index is 13.2. The summed E-state index contributed by atoms with van der Waals surface area (Å²) in [6.07, 6.45) is -82.8. The van der Waals surface area contributed by atoms with Crippen LogP contribution in [0.4, 0.5) is 0 Å². The molecule has 0 saturated carbocycles. The molecule has 8 rings (SSSR count). The van der Waals surface area contributed by atoms with Crippen molar-refractivity contribution in [2.75, 3.05) is 26.4 Å². The van der Waals surface area contributed by atoms with E-state index in [9.17, 15) is 151 Å². The molecule has 0 aromatic rings. The number of hydrogen-bond donors (Lipinski definition) is 26. The first kappa shape index (κ1) is 85.1. The Hall–Kier alpha value is -5.56. The van der Waals surface area contributed by atoms with E-state index in [2.05, 4.69) is 21.3 Å². The number of carboxylic acid groups (broad SMARTS) is 4. The predicted octanol–water partition coefficient (Wildman–Crippen LogP) is -17.5. The van der Waals surface area contributed by atoms with Gasteiger partial charge >= 0.3 is 23.9 Å². The highest BCUT2D eigenvalue weighted by molar-refractivity contribution is 5.76. The Labute approximate surface area is 588 Å². The number of rotatable bonds is 26. The molecule has 600 valence electrons. The predicted molar refractivity (Wildman–Crippen MR) is 313 cm³/mol. The monoisotopic (exact) mass is 1530 g/mol. The minimum atomic E-state index is -2.65. The number of hydrogen-bond acceptors (Lipinski definition) is 41. The van der Waals surface area contributed by atoms with Gasteiger partial charge < -0.3 is 205 Å². The fourth-order valence-electron chi connectivity index (χ4n) is 13.0. The molecule has 8 aliphatic rings. The number of amides is 4. The van der Waals surface area contributed by atoms with Crippen molar-refractivity contribution >= 4 is 47.5 Å². The second-order valence-electron chi connectivity index (χ2n) is 25.5. The molecule has 40 atom stereocenters. The fraction of sp³-hybridized carbons (Fsp3) is 0.857. The van der Waals surface area contributed by atoms with Crippen molar-refractivity contribution in [1.82, 2.24) is 21.3 Å². The number of ether oxygens (including phenoxy) is 15. The number of carbonyl (C=O) groups excluding carboxylic acids is 4. The first-order valence-corrected chi connectivity index (χ1v) is 32.1. The van der Waals surface area contributed by atoms with Crippen molar-refractivity contribution in [3.8, 4) is 0 Å². The largest absolute Gasteiger partial charge is 0.479 e. The zero-order valence-electron chi connectivity index (χ0n) is 55.2. The number of aliphatic hydroxyl groups is 18. The molecule has 0 bridgehead atoms. The Bertz CT molecular complexity index is 2990. The van der Waals surface area contributed by atoms with E-state index in [1.165, 1.54) is 0 Å². The van der Waals surface area contributed by atoms with Gasteiger partial charge in [0, 0.05) is 27.7 Å². The van der Waals surface area contributed by atoms with Crippen molar-refractivity contribution in [2.24, 2.45) is 0 Å². The van der Waals surface area contributed by atoms with Gasteiger partial charge in [-0.3, -0.25) is 19.2 Å². The lowest BCUT2D eigenvalue weighted by atomic mass is 9.93. The molecule has 0 radical (unpaired) electrons. The van der Waals surface area contributed by atoms with Gasteiger partial charge in [-0.2, -0.15) is 0 Å². The minimum absolute atomic E-state index is 0.832. The van der Waals surface area contributed by atoms with Crippen LogP contribution in [0.15, 0.2) is 0 Å². The van der Waals surface area contributed by atoms with Crippen LogP contribution >= 0.6 is 0 Å². The zero-order chi connectivity index (χ0) is 78.0. The molecule has 0 aromatic carbocycles. The minimum Gasteiger partial charge on any atom is -0.479 e. The normalized spacial score (nSPS) is 46.8. The first-order chi connectivity index (χ1) is 49.3. The van der Waals surface area contributed by atoms with Crippen molar-refractivity contribution in [3.63, 3.8) is 0 Å². The smallest absolute Gasteiger partial charge is 0.335 e. The molecule has 0 aliphatic carbocycles. The highest BCUT2D eigenvalue weighted by atomic mass is 16.8.